The van der Waals surface area contributed by atoms with E-state index in [1.54, 1.807) is 20.1 Å². The summed E-state index contributed by atoms with van der Waals surface area (Å²) in [6.07, 6.45) is 1.78. The van der Waals surface area contributed by atoms with E-state index in [0.29, 0.717) is 5.92 Å². The zero-order valence-electron chi connectivity index (χ0n) is 14.8. The average Bonchev–Trinajstić information content (AvgIpc) is 2.86. The molecule has 0 aliphatic carbocycles. The number of rotatable bonds is 6. The molecule has 2 unspecified atom stereocenters. The van der Waals surface area contributed by atoms with Crippen molar-refractivity contribution >= 4 is 22.8 Å². The van der Waals surface area contributed by atoms with Crippen LogP contribution >= 0.6 is 0 Å². The van der Waals surface area contributed by atoms with Crippen molar-refractivity contribution in [3.8, 4) is 0 Å². The summed E-state index contributed by atoms with van der Waals surface area (Å²) in [6, 6.07) is 3.66. The van der Waals surface area contributed by atoms with Gasteiger partial charge in [0.05, 0.1) is 18.6 Å². The minimum atomic E-state index is -0.923. The number of aliphatic carboxylic acids is 1. The lowest BCUT2D eigenvalue weighted by Crippen LogP contribution is -2.40. The van der Waals surface area contributed by atoms with E-state index in [-0.39, 0.29) is 12.3 Å². The second-order valence-electron chi connectivity index (χ2n) is 6.78. The molecule has 0 aliphatic rings. The first-order valence-corrected chi connectivity index (χ1v) is 8.23. The molecule has 0 fully saturated rings. The van der Waals surface area contributed by atoms with E-state index < -0.39 is 17.9 Å². The Bertz CT molecular complexity index is 760. The van der Waals surface area contributed by atoms with Crippen molar-refractivity contribution in [2.24, 2.45) is 5.92 Å². The van der Waals surface area contributed by atoms with Crippen LogP contribution in [0.25, 0.3) is 11.0 Å². The van der Waals surface area contributed by atoms with Crippen LogP contribution in [0.5, 0.6) is 0 Å². The Labute approximate surface area is 142 Å². The molecule has 0 saturated carbocycles. The van der Waals surface area contributed by atoms with Gasteiger partial charge < -0.3 is 14.8 Å². The number of nitrogens with one attached hydrogen (secondary N) is 1. The van der Waals surface area contributed by atoms with Gasteiger partial charge in [-0.3, -0.25) is 9.59 Å². The Morgan fingerprint density at radius 1 is 1.21 bits per heavy atom. The van der Waals surface area contributed by atoms with Gasteiger partial charge in [-0.1, -0.05) is 13.8 Å². The molecule has 2 atom stereocenters. The maximum absolute atomic E-state index is 12.2. The van der Waals surface area contributed by atoms with E-state index in [2.05, 4.69) is 32.2 Å². The lowest BCUT2D eigenvalue weighted by atomic mass is 9.95. The zero-order chi connectivity index (χ0) is 18.0. The summed E-state index contributed by atoms with van der Waals surface area (Å²) in [5.41, 5.74) is 4.00. The number of hydrogen-bond donors (Lipinski definition) is 2. The van der Waals surface area contributed by atoms with E-state index in [0.717, 1.165) is 16.5 Å². The Morgan fingerprint density at radius 3 is 2.46 bits per heavy atom. The summed E-state index contributed by atoms with van der Waals surface area (Å²) in [6.45, 7) is 9.60. The summed E-state index contributed by atoms with van der Waals surface area (Å²) < 4.78 is 5.58. The summed E-state index contributed by atoms with van der Waals surface area (Å²) in [7, 11) is 0. The van der Waals surface area contributed by atoms with Crippen LogP contribution in [0.2, 0.25) is 0 Å². The van der Waals surface area contributed by atoms with Gasteiger partial charge in [0.1, 0.15) is 5.58 Å². The van der Waals surface area contributed by atoms with Crippen LogP contribution in [-0.2, 0) is 16.0 Å². The van der Waals surface area contributed by atoms with Crippen LogP contribution in [0.15, 0.2) is 22.8 Å². The molecule has 0 saturated heterocycles. The highest BCUT2D eigenvalue weighted by molar-refractivity contribution is 5.89. The van der Waals surface area contributed by atoms with Crippen LogP contribution in [0.1, 0.15) is 50.3 Å². The number of hydrogen-bond acceptors (Lipinski definition) is 3. The molecule has 2 aromatic rings. The molecule has 0 radical (unpaired) electrons. The highest BCUT2D eigenvalue weighted by atomic mass is 16.4. The third kappa shape index (κ3) is 3.78. The fourth-order valence-electron chi connectivity index (χ4n) is 2.82. The van der Waals surface area contributed by atoms with E-state index in [1.165, 1.54) is 11.1 Å². The van der Waals surface area contributed by atoms with Gasteiger partial charge in [-0.15, -0.1) is 0 Å². The van der Waals surface area contributed by atoms with Crippen molar-refractivity contribution in [3.05, 3.63) is 35.1 Å². The minimum Gasteiger partial charge on any atom is -0.481 e. The van der Waals surface area contributed by atoms with Crippen molar-refractivity contribution in [3.63, 3.8) is 0 Å². The number of benzene rings is 1. The van der Waals surface area contributed by atoms with Crippen molar-refractivity contribution in [2.45, 2.75) is 53.0 Å². The van der Waals surface area contributed by atoms with Crippen molar-refractivity contribution in [1.29, 1.82) is 0 Å². The van der Waals surface area contributed by atoms with Crippen molar-refractivity contribution in [1.82, 2.24) is 5.32 Å². The molecule has 1 aromatic carbocycles. The number of aryl methyl sites for hydroxylation is 1. The van der Waals surface area contributed by atoms with Gasteiger partial charge in [-0.05, 0) is 49.9 Å². The highest BCUT2D eigenvalue weighted by Crippen LogP contribution is 2.29. The van der Waals surface area contributed by atoms with Gasteiger partial charge in [-0.2, -0.15) is 0 Å². The maximum atomic E-state index is 12.2. The van der Waals surface area contributed by atoms with Crippen LogP contribution in [-0.4, -0.2) is 23.0 Å². The SMILES string of the molecule is Cc1cc2occ(CC(=O)NC(C)C(C)C(=O)O)c2cc1C(C)C. The van der Waals surface area contributed by atoms with Crippen LogP contribution in [0.4, 0.5) is 0 Å². The van der Waals surface area contributed by atoms with E-state index >= 15 is 0 Å². The predicted octanol–water partition coefficient (Wildman–Crippen LogP) is 3.63. The Balaban J connectivity index is 2.19. The first-order valence-electron chi connectivity index (χ1n) is 8.23. The van der Waals surface area contributed by atoms with E-state index in [1.807, 2.05) is 6.07 Å². The second kappa shape index (κ2) is 7.07. The highest BCUT2D eigenvalue weighted by Gasteiger charge is 2.21. The number of fused-ring (bicyclic) bond motifs is 1. The fourth-order valence-corrected chi connectivity index (χ4v) is 2.82. The molecule has 5 heteroatoms. The van der Waals surface area contributed by atoms with Crippen LogP contribution in [0.3, 0.4) is 0 Å². The topological polar surface area (TPSA) is 79.5 Å². The largest absolute Gasteiger partial charge is 0.481 e. The van der Waals surface area contributed by atoms with Crippen LogP contribution < -0.4 is 5.32 Å². The van der Waals surface area contributed by atoms with E-state index in [4.69, 9.17) is 9.52 Å². The molecular formula is C19H25NO4. The number of carbonyl (C=O) groups excluding carboxylic acids is 1. The first kappa shape index (κ1) is 18.0. The number of amides is 1. The van der Waals surface area contributed by atoms with Crippen molar-refractivity contribution < 1.29 is 19.1 Å². The second-order valence-corrected chi connectivity index (χ2v) is 6.78. The molecule has 0 spiro atoms. The summed E-state index contributed by atoms with van der Waals surface area (Å²) in [5.74, 6) is -1.37. The first-order chi connectivity index (χ1) is 11.2. The molecule has 1 amide bonds. The van der Waals surface area contributed by atoms with Crippen molar-refractivity contribution in [2.75, 3.05) is 0 Å². The molecule has 1 heterocycles. The Kier molecular flexibility index (Phi) is 5.32. The number of carboxylic acid groups (broad SMARTS) is 1. The molecule has 130 valence electrons. The number of furan rings is 1. The van der Waals surface area contributed by atoms with Gasteiger partial charge in [-0.25, -0.2) is 0 Å². The third-order valence-corrected chi connectivity index (χ3v) is 4.54. The molecule has 2 N–H and O–H groups in total. The zero-order valence-corrected chi connectivity index (χ0v) is 14.8. The lowest BCUT2D eigenvalue weighted by Gasteiger charge is -2.17. The maximum Gasteiger partial charge on any atom is 0.308 e. The summed E-state index contributed by atoms with van der Waals surface area (Å²) >= 11 is 0. The van der Waals surface area contributed by atoms with Crippen LogP contribution in [0, 0.1) is 12.8 Å². The molecule has 5 nitrogen and oxygen atoms in total. The standard InChI is InChI=1S/C19H25NO4/c1-10(2)15-8-16-14(9-24-17(16)6-11(15)3)7-18(21)20-13(5)12(4)19(22)23/h6,8-10,12-13H,7H2,1-5H3,(H,20,21)(H,22,23). The Hall–Kier alpha value is -2.30. The molecule has 0 aliphatic heterocycles. The fraction of sp³-hybridized carbons (Fsp3) is 0.474. The smallest absolute Gasteiger partial charge is 0.308 e. The lowest BCUT2D eigenvalue weighted by molar-refractivity contribution is -0.142. The minimum absolute atomic E-state index is 0.171. The van der Waals surface area contributed by atoms with Gasteiger partial charge >= 0.3 is 5.97 Å². The molecular weight excluding hydrogens is 306 g/mol. The summed E-state index contributed by atoms with van der Waals surface area (Å²) in [4.78, 5) is 23.2. The molecule has 1 aromatic heterocycles. The third-order valence-electron chi connectivity index (χ3n) is 4.54. The van der Waals surface area contributed by atoms with E-state index in [9.17, 15) is 9.59 Å². The van der Waals surface area contributed by atoms with Gasteiger partial charge in [0, 0.05) is 17.0 Å². The quantitative estimate of drug-likeness (QED) is 0.847. The molecule has 2 rings (SSSR count). The van der Waals surface area contributed by atoms with Gasteiger partial charge in [0.2, 0.25) is 5.91 Å². The normalized spacial score (nSPS) is 13.9. The van der Waals surface area contributed by atoms with Gasteiger partial charge in [0.25, 0.3) is 0 Å². The van der Waals surface area contributed by atoms with Gasteiger partial charge in [0.15, 0.2) is 0 Å². The summed E-state index contributed by atoms with van der Waals surface area (Å²) in [5, 5.41) is 12.7. The predicted molar refractivity (Wildman–Crippen MR) is 93.1 cm³/mol. The Morgan fingerprint density at radius 2 is 1.88 bits per heavy atom. The molecule has 0 bridgehead atoms. The number of carboxylic acids is 1. The molecule has 24 heavy (non-hydrogen) atoms. The monoisotopic (exact) mass is 331 g/mol. The average molecular weight is 331 g/mol. The number of carbonyl (C=O) groups is 2.